The topological polar surface area (TPSA) is 0 Å². The van der Waals surface area contributed by atoms with Crippen LogP contribution >= 0.6 is 0 Å². The zero-order valence-corrected chi connectivity index (χ0v) is 80.2. The van der Waals surface area contributed by atoms with Crippen LogP contribution in [0.4, 0.5) is 0 Å². The second kappa shape index (κ2) is 30.6. The summed E-state index contributed by atoms with van der Waals surface area (Å²) in [5, 5.41) is 19.6. The van der Waals surface area contributed by atoms with Crippen LogP contribution < -0.4 is 0 Å². The van der Waals surface area contributed by atoms with E-state index in [1.165, 1.54) is 326 Å². The first-order valence-electron chi connectivity index (χ1n) is 50.2. The smallest absolute Gasteiger partial charge is 0.000672 e. The highest BCUT2D eigenvalue weighted by Gasteiger charge is 2.38. The molecular formula is C138H104. The molecule has 22 aromatic carbocycles. The van der Waals surface area contributed by atoms with Crippen LogP contribution in [0.2, 0.25) is 0 Å². The Morgan fingerprint density at radius 3 is 0.913 bits per heavy atom. The Bertz CT molecular complexity index is 9100. The van der Waals surface area contributed by atoms with E-state index in [1.807, 2.05) is 0 Å². The maximum absolute atomic E-state index is 2.47. The van der Waals surface area contributed by atoms with Crippen LogP contribution in [0.25, 0.3) is 187 Å². The third kappa shape index (κ3) is 12.1. The lowest BCUT2D eigenvalue weighted by Gasteiger charge is -2.16. The minimum Gasteiger partial charge on any atom is -0.0619 e. The number of aryl methyl sites for hydroxylation is 10. The summed E-state index contributed by atoms with van der Waals surface area (Å²) in [5.74, 6) is 0. The van der Waals surface area contributed by atoms with Crippen molar-refractivity contribution in [1.82, 2.24) is 0 Å². The SMILES string of the molecule is Cc1ccc2c(c1)Cc1c-2ccc2c1Cc1cc(C)c3ccccc3c1-2.Cc1ccc2c(c1)Cc1c-2ccc2c1Cc1cc(C)c3ccccc3c1-2.Cc1ccc2c(c1)Cc1ccc3c(c1-2)Cc1cc(C)c2ccccc2c1-3.Cc1ccc2c3c(c4ccccc4c2c1)-c1c(cc(C)c2c1-c1ccccc1C2)C3.Cc1ccc2c3c(c4ccccc4c2c1)-c1c(cc(C)c2c1Cc1ccccc1-2)C3. The Morgan fingerprint density at radius 1 is 0.116 bits per heavy atom. The van der Waals surface area contributed by atoms with E-state index in [0.29, 0.717) is 0 Å². The lowest BCUT2D eigenvalue weighted by atomic mass is 9.87. The number of benzene rings is 22. The van der Waals surface area contributed by atoms with Crippen molar-refractivity contribution in [3.05, 3.63) is 494 Å². The van der Waals surface area contributed by atoms with Gasteiger partial charge in [0.15, 0.2) is 0 Å². The third-order valence-corrected chi connectivity index (χ3v) is 33.5. The van der Waals surface area contributed by atoms with Gasteiger partial charge in [-0.05, 0) is 459 Å². The van der Waals surface area contributed by atoms with Gasteiger partial charge in [-0.2, -0.15) is 0 Å². The van der Waals surface area contributed by atoms with Crippen molar-refractivity contribution in [2.24, 2.45) is 0 Å². The second-order valence-electron chi connectivity index (χ2n) is 41.8. The maximum Gasteiger partial charge on any atom is -0.000672 e. The van der Waals surface area contributed by atoms with Gasteiger partial charge < -0.3 is 0 Å². The molecule has 0 N–H and O–H groups in total. The van der Waals surface area contributed by atoms with E-state index in [0.717, 1.165) is 64.2 Å². The largest absolute Gasteiger partial charge is 0.0619 e. The van der Waals surface area contributed by atoms with Crippen LogP contribution in [0.15, 0.2) is 328 Å². The van der Waals surface area contributed by atoms with Crippen LogP contribution in [-0.4, -0.2) is 0 Å². The Balaban J connectivity index is 0.0000000852. The van der Waals surface area contributed by atoms with Crippen molar-refractivity contribution < 1.29 is 0 Å². The van der Waals surface area contributed by atoms with Gasteiger partial charge in [-0.25, -0.2) is 0 Å². The van der Waals surface area contributed by atoms with Crippen molar-refractivity contribution >= 4 is 75.4 Å². The predicted octanol–water partition coefficient (Wildman–Crippen LogP) is 35.3. The average Bonchev–Trinajstić information content (AvgIpc) is 1.58. The number of fused-ring (bicyclic) bond motifs is 51. The van der Waals surface area contributed by atoms with Gasteiger partial charge in [-0.1, -0.05) is 355 Å². The lowest BCUT2D eigenvalue weighted by molar-refractivity contribution is 1.16. The fraction of sp³-hybridized carbons (Fsp3) is 0.145. The molecule has 0 amide bonds. The summed E-state index contributed by atoms with van der Waals surface area (Å²) in [6, 6.07) is 124. The highest BCUT2D eigenvalue weighted by atomic mass is 14.4. The molecule has 0 fully saturated rings. The first-order valence-corrected chi connectivity index (χ1v) is 50.2. The van der Waals surface area contributed by atoms with Crippen LogP contribution in [-0.2, 0) is 64.2 Å². The third-order valence-electron chi connectivity index (χ3n) is 33.5. The molecule has 0 radical (unpaired) electrons. The highest BCUT2D eigenvalue weighted by Crippen LogP contribution is 2.59. The average molecular weight is 1760 g/mol. The minimum absolute atomic E-state index is 1.03. The number of hydrogen-bond acceptors (Lipinski definition) is 0. The Morgan fingerprint density at radius 2 is 0.420 bits per heavy atom. The standard InChI is InChI=1S/2C30H22.3C26H20/c1-17-11-12-23-26(13-17)22-9-5-6-10-24(22)30-27(23)16-20-14-18(2)25-15-19-7-3-4-8-21(19)29(25)28(20)30;1-17-11-12-23-25(13-17)22-9-5-6-10-24(22)30-26(23)16-20-14-18(2)28-21-8-4-3-7-19(21)15-27(28)29(20)30;1-15-7-9-21-18(11-15)13-17-8-10-23-24(25(17)21)14-19-12-16(2)20-5-3-4-6-22(20)26(19)23;2*1-15-7-8-20-17(11-15)13-24-21(20)9-10-23-25(24)14-18-12-16(2)19-5-3-4-6-22(19)26(18)23/h2*3-14H,15-16H2,1-2H3;3*3-12H,13-14H2,1-2H3. The number of hydrogen-bond donors (Lipinski definition) is 0. The molecule has 10 aliphatic carbocycles. The Labute approximate surface area is 808 Å². The van der Waals surface area contributed by atoms with Crippen molar-refractivity contribution in [2.75, 3.05) is 0 Å². The van der Waals surface area contributed by atoms with Gasteiger partial charge in [-0.15, -0.1) is 0 Å². The van der Waals surface area contributed by atoms with Crippen LogP contribution in [0.3, 0.4) is 0 Å². The van der Waals surface area contributed by atoms with E-state index < -0.39 is 0 Å². The number of rotatable bonds is 0. The molecule has 0 aliphatic heterocycles. The molecule has 0 aromatic heterocycles. The minimum atomic E-state index is 1.03. The summed E-state index contributed by atoms with van der Waals surface area (Å²) >= 11 is 0. The van der Waals surface area contributed by atoms with Crippen molar-refractivity contribution in [2.45, 2.75) is 133 Å². The summed E-state index contributed by atoms with van der Waals surface area (Å²) in [5.41, 5.74) is 73.3. The molecule has 22 aromatic rings. The summed E-state index contributed by atoms with van der Waals surface area (Å²) < 4.78 is 0. The van der Waals surface area contributed by atoms with Crippen LogP contribution in [0.1, 0.15) is 167 Å². The Kier molecular flexibility index (Phi) is 18.0. The van der Waals surface area contributed by atoms with Crippen LogP contribution in [0, 0.1) is 69.2 Å². The van der Waals surface area contributed by atoms with Gasteiger partial charge in [0.25, 0.3) is 0 Å². The van der Waals surface area contributed by atoms with E-state index in [9.17, 15) is 0 Å². The lowest BCUT2D eigenvalue weighted by Crippen LogP contribution is -1.93. The molecular weight excluding hydrogens is 1660 g/mol. The fourth-order valence-corrected chi connectivity index (χ4v) is 27.7. The van der Waals surface area contributed by atoms with E-state index in [4.69, 9.17) is 0 Å². The molecule has 0 spiro atoms. The molecule has 10 aliphatic rings. The van der Waals surface area contributed by atoms with E-state index in [1.54, 1.807) is 27.8 Å². The second-order valence-corrected chi connectivity index (χ2v) is 41.8. The zero-order chi connectivity index (χ0) is 92.2. The van der Waals surface area contributed by atoms with Gasteiger partial charge in [0.2, 0.25) is 0 Å². The van der Waals surface area contributed by atoms with Crippen molar-refractivity contribution in [3.63, 3.8) is 0 Å². The van der Waals surface area contributed by atoms with E-state index >= 15 is 0 Å². The van der Waals surface area contributed by atoms with Crippen molar-refractivity contribution in [3.8, 4) is 111 Å². The van der Waals surface area contributed by atoms with Crippen LogP contribution in [0.5, 0.6) is 0 Å². The summed E-state index contributed by atoms with van der Waals surface area (Å²) in [4.78, 5) is 0. The fourth-order valence-electron chi connectivity index (χ4n) is 27.7. The molecule has 0 heterocycles. The molecule has 0 heteroatoms. The maximum atomic E-state index is 2.47. The molecule has 0 bridgehead atoms. The summed E-state index contributed by atoms with van der Waals surface area (Å²) in [6.45, 7) is 22.3. The molecule has 0 unspecified atom stereocenters. The first-order chi connectivity index (χ1) is 67.5. The normalized spacial score (nSPS) is 13.4. The van der Waals surface area contributed by atoms with Gasteiger partial charge >= 0.3 is 0 Å². The Hall–Kier alpha value is -15.3. The van der Waals surface area contributed by atoms with Gasteiger partial charge in [-0.3, -0.25) is 0 Å². The molecule has 656 valence electrons. The molecule has 0 atom stereocenters. The molecule has 0 nitrogen and oxygen atoms in total. The predicted molar refractivity (Wildman–Crippen MR) is 585 cm³/mol. The monoisotopic (exact) mass is 1760 g/mol. The van der Waals surface area contributed by atoms with Gasteiger partial charge in [0.1, 0.15) is 0 Å². The van der Waals surface area contributed by atoms with E-state index in [2.05, 4.69) is 397 Å². The summed E-state index contributed by atoms with van der Waals surface area (Å²) in [7, 11) is 0. The summed E-state index contributed by atoms with van der Waals surface area (Å²) in [6.07, 6.45) is 10.6. The first kappa shape index (κ1) is 81.1. The molecule has 32 rings (SSSR count). The molecule has 138 heavy (non-hydrogen) atoms. The zero-order valence-electron chi connectivity index (χ0n) is 80.2. The van der Waals surface area contributed by atoms with E-state index in [-0.39, 0.29) is 0 Å². The highest BCUT2D eigenvalue weighted by molar-refractivity contribution is 6.21. The van der Waals surface area contributed by atoms with Crippen molar-refractivity contribution in [1.29, 1.82) is 0 Å². The van der Waals surface area contributed by atoms with Gasteiger partial charge in [0.05, 0.1) is 0 Å². The molecule has 0 saturated carbocycles. The van der Waals surface area contributed by atoms with Gasteiger partial charge in [0, 0.05) is 0 Å². The molecule has 0 saturated heterocycles. The quantitative estimate of drug-likeness (QED) is 0.133.